The van der Waals surface area contributed by atoms with Crippen LogP contribution in [0.15, 0.2) is 24.3 Å². The molecule has 0 fully saturated rings. The summed E-state index contributed by atoms with van der Waals surface area (Å²) in [6.07, 6.45) is 0. The number of hydrogen-bond donors (Lipinski definition) is 4. The Hall–Kier alpha value is -1.50. The van der Waals surface area contributed by atoms with Gasteiger partial charge in [-0.05, 0) is 31.2 Å². The second-order valence-electron chi connectivity index (χ2n) is 4.31. The van der Waals surface area contributed by atoms with E-state index in [0.29, 0.717) is 5.69 Å². The molecule has 0 radical (unpaired) electrons. The molecule has 18 heavy (non-hydrogen) atoms. The minimum absolute atomic E-state index is 0.00642. The average Bonchev–Trinajstić information content (AvgIpc) is 2.32. The Morgan fingerprint density at radius 1 is 1.39 bits per heavy atom. The third-order valence-electron chi connectivity index (χ3n) is 2.26. The fraction of sp³-hybridized carbons (Fsp3) is 0.417. The smallest absolute Gasteiger partial charge is 0.238 e. The number of benzene rings is 1. The van der Waals surface area contributed by atoms with E-state index in [0.717, 1.165) is 0 Å². The Kier molecular flexibility index (Phi) is 5.21. The van der Waals surface area contributed by atoms with Crippen LogP contribution in [-0.4, -0.2) is 41.4 Å². The third kappa shape index (κ3) is 5.22. The zero-order chi connectivity index (χ0) is 13.6. The van der Waals surface area contributed by atoms with Crippen molar-refractivity contribution in [3.63, 3.8) is 0 Å². The van der Waals surface area contributed by atoms with Crippen LogP contribution in [0.3, 0.4) is 0 Å². The van der Waals surface area contributed by atoms with Crippen LogP contribution < -0.4 is 10.6 Å². The summed E-state index contributed by atoms with van der Waals surface area (Å²) < 4.78 is 12.6. The minimum Gasteiger partial charge on any atom is -0.393 e. The van der Waals surface area contributed by atoms with Crippen LogP contribution in [0.1, 0.15) is 6.92 Å². The van der Waals surface area contributed by atoms with Gasteiger partial charge >= 0.3 is 0 Å². The lowest BCUT2D eigenvalue weighted by Crippen LogP contribution is -2.43. The highest BCUT2D eigenvalue weighted by Crippen LogP contribution is 2.07. The van der Waals surface area contributed by atoms with E-state index in [9.17, 15) is 14.3 Å². The topological polar surface area (TPSA) is 81.6 Å². The molecular formula is C12H17FN2O3. The van der Waals surface area contributed by atoms with Crippen molar-refractivity contribution in [2.45, 2.75) is 12.5 Å². The van der Waals surface area contributed by atoms with E-state index < -0.39 is 5.60 Å². The molecule has 0 saturated carbocycles. The number of aliphatic hydroxyl groups excluding tert-OH is 1. The van der Waals surface area contributed by atoms with Crippen molar-refractivity contribution in [3.05, 3.63) is 30.1 Å². The second-order valence-corrected chi connectivity index (χ2v) is 4.31. The third-order valence-corrected chi connectivity index (χ3v) is 2.26. The van der Waals surface area contributed by atoms with E-state index in [1.807, 2.05) is 0 Å². The Labute approximate surface area is 105 Å². The summed E-state index contributed by atoms with van der Waals surface area (Å²) in [5.41, 5.74) is -0.756. The molecule has 1 aromatic carbocycles. The summed E-state index contributed by atoms with van der Waals surface area (Å²) in [5, 5.41) is 23.5. The Bertz CT molecular complexity index is 393. The average molecular weight is 256 g/mol. The number of nitrogens with one attached hydrogen (secondary N) is 2. The SMILES string of the molecule is CC(O)(CO)CNCC(=O)Nc1ccc(F)cc1. The molecule has 0 aromatic heterocycles. The number of carbonyl (C=O) groups excluding carboxylic acids is 1. The van der Waals surface area contributed by atoms with Gasteiger partial charge in [-0.3, -0.25) is 4.79 Å². The van der Waals surface area contributed by atoms with Crippen LogP contribution in [0.5, 0.6) is 0 Å². The van der Waals surface area contributed by atoms with Gasteiger partial charge in [-0.25, -0.2) is 4.39 Å². The summed E-state index contributed by atoms with van der Waals surface area (Å²) in [6.45, 7) is 1.16. The normalized spacial score (nSPS) is 14.0. The van der Waals surface area contributed by atoms with E-state index in [4.69, 9.17) is 5.11 Å². The van der Waals surface area contributed by atoms with Crippen molar-refractivity contribution in [2.75, 3.05) is 25.0 Å². The molecule has 0 heterocycles. The zero-order valence-electron chi connectivity index (χ0n) is 10.1. The summed E-state index contributed by atoms with van der Waals surface area (Å²) in [7, 11) is 0. The van der Waals surface area contributed by atoms with E-state index in [-0.39, 0.29) is 31.4 Å². The van der Waals surface area contributed by atoms with Gasteiger partial charge in [-0.15, -0.1) is 0 Å². The number of aliphatic hydroxyl groups is 2. The van der Waals surface area contributed by atoms with Gasteiger partial charge in [0.1, 0.15) is 5.82 Å². The first kappa shape index (κ1) is 14.6. The van der Waals surface area contributed by atoms with Crippen LogP contribution in [0, 0.1) is 5.82 Å². The molecule has 6 heteroatoms. The lowest BCUT2D eigenvalue weighted by Gasteiger charge is -2.20. The summed E-state index contributed by atoms with van der Waals surface area (Å²) in [5.74, 6) is -0.680. The molecular weight excluding hydrogens is 239 g/mol. The highest BCUT2D eigenvalue weighted by molar-refractivity contribution is 5.92. The minimum atomic E-state index is -1.25. The number of halogens is 1. The first-order chi connectivity index (χ1) is 8.43. The van der Waals surface area contributed by atoms with E-state index in [1.165, 1.54) is 31.2 Å². The van der Waals surface area contributed by atoms with Gasteiger partial charge < -0.3 is 20.8 Å². The highest BCUT2D eigenvalue weighted by atomic mass is 19.1. The van der Waals surface area contributed by atoms with Crippen LogP contribution in [0.25, 0.3) is 0 Å². The quantitative estimate of drug-likeness (QED) is 0.582. The number of rotatable bonds is 6. The van der Waals surface area contributed by atoms with Gasteiger partial charge in [0.2, 0.25) is 5.91 Å². The Morgan fingerprint density at radius 3 is 2.56 bits per heavy atom. The molecule has 5 nitrogen and oxygen atoms in total. The van der Waals surface area contributed by atoms with E-state index >= 15 is 0 Å². The van der Waals surface area contributed by atoms with Crippen molar-refractivity contribution < 1.29 is 19.4 Å². The van der Waals surface area contributed by atoms with Gasteiger partial charge in [-0.1, -0.05) is 0 Å². The molecule has 100 valence electrons. The van der Waals surface area contributed by atoms with Crippen molar-refractivity contribution in [1.29, 1.82) is 0 Å². The lowest BCUT2D eigenvalue weighted by molar-refractivity contribution is -0.115. The molecule has 0 saturated heterocycles. The maximum atomic E-state index is 12.6. The Balaban J connectivity index is 2.32. The predicted octanol–water partition coefficient (Wildman–Crippen LogP) is 0.0971. The van der Waals surface area contributed by atoms with E-state index in [2.05, 4.69) is 10.6 Å². The monoisotopic (exact) mass is 256 g/mol. The van der Waals surface area contributed by atoms with Gasteiger partial charge in [-0.2, -0.15) is 0 Å². The number of hydrogen-bond acceptors (Lipinski definition) is 4. The number of amides is 1. The first-order valence-electron chi connectivity index (χ1n) is 5.52. The molecule has 1 unspecified atom stereocenters. The molecule has 0 spiro atoms. The zero-order valence-corrected chi connectivity index (χ0v) is 10.1. The molecule has 4 N–H and O–H groups in total. The molecule has 1 amide bonds. The van der Waals surface area contributed by atoms with Crippen LogP contribution >= 0.6 is 0 Å². The largest absolute Gasteiger partial charge is 0.393 e. The van der Waals surface area contributed by atoms with Gasteiger partial charge in [0, 0.05) is 12.2 Å². The van der Waals surface area contributed by atoms with Gasteiger partial charge in [0.15, 0.2) is 0 Å². The van der Waals surface area contributed by atoms with E-state index in [1.54, 1.807) is 0 Å². The number of carbonyl (C=O) groups is 1. The predicted molar refractivity (Wildman–Crippen MR) is 65.6 cm³/mol. The summed E-state index contributed by atoms with van der Waals surface area (Å²) >= 11 is 0. The van der Waals surface area contributed by atoms with Crippen molar-refractivity contribution in [2.24, 2.45) is 0 Å². The van der Waals surface area contributed by atoms with Crippen LogP contribution in [0.2, 0.25) is 0 Å². The van der Waals surface area contributed by atoms with Gasteiger partial charge in [0.05, 0.1) is 18.8 Å². The Morgan fingerprint density at radius 2 is 2.00 bits per heavy atom. The standard InChI is InChI=1S/C12H17FN2O3/c1-12(18,8-16)7-14-6-11(17)15-10-4-2-9(13)3-5-10/h2-5,14,16,18H,6-8H2,1H3,(H,15,17). The highest BCUT2D eigenvalue weighted by Gasteiger charge is 2.18. The number of anilines is 1. The second kappa shape index (κ2) is 6.44. The first-order valence-corrected chi connectivity index (χ1v) is 5.52. The molecule has 0 aliphatic heterocycles. The van der Waals surface area contributed by atoms with Crippen LogP contribution in [-0.2, 0) is 4.79 Å². The van der Waals surface area contributed by atoms with Crippen LogP contribution in [0.4, 0.5) is 10.1 Å². The molecule has 0 bridgehead atoms. The fourth-order valence-electron chi connectivity index (χ4n) is 1.24. The maximum Gasteiger partial charge on any atom is 0.238 e. The van der Waals surface area contributed by atoms with Gasteiger partial charge in [0.25, 0.3) is 0 Å². The summed E-state index contributed by atoms with van der Waals surface area (Å²) in [6, 6.07) is 5.41. The summed E-state index contributed by atoms with van der Waals surface area (Å²) in [4.78, 5) is 11.5. The molecule has 1 rings (SSSR count). The maximum absolute atomic E-state index is 12.6. The fourth-order valence-corrected chi connectivity index (χ4v) is 1.24. The molecule has 1 aromatic rings. The van der Waals surface area contributed by atoms with Crippen molar-refractivity contribution in [1.82, 2.24) is 5.32 Å². The molecule has 0 aliphatic carbocycles. The van der Waals surface area contributed by atoms with Crippen molar-refractivity contribution in [3.8, 4) is 0 Å². The molecule has 1 atom stereocenters. The lowest BCUT2D eigenvalue weighted by atomic mass is 10.1. The van der Waals surface area contributed by atoms with Crippen molar-refractivity contribution >= 4 is 11.6 Å². The molecule has 0 aliphatic rings.